The molecule has 0 fully saturated rings. The lowest BCUT2D eigenvalue weighted by Gasteiger charge is -2.17. The summed E-state index contributed by atoms with van der Waals surface area (Å²) < 4.78 is 0. The fraction of sp³-hybridized carbons (Fsp3) is 0.263. The van der Waals surface area contributed by atoms with Crippen molar-refractivity contribution in [2.45, 2.75) is 25.8 Å². The first-order valence-corrected chi connectivity index (χ1v) is 7.97. The Labute approximate surface area is 138 Å². The molecule has 1 atom stereocenters. The van der Waals surface area contributed by atoms with Crippen molar-refractivity contribution in [2.24, 2.45) is 0 Å². The van der Waals surface area contributed by atoms with Gasteiger partial charge in [0, 0.05) is 12.7 Å². The van der Waals surface area contributed by atoms with E-state index in [0.717, 1.165) is 25.2 Å². The summed E-state index contributed by atoms with van der Waals surface area (Å²) in [7, 11) is 0. The van der Waals surface area contributed by atoms with Crippen LogP contribution in [-0.4, -0.2) is 22.6 Å². The zero-order chi connectivity index (χ0) is 16.3. The number of nitrogens with one attached hydrogen (secondary N) is 2. The summed E-state index contributed by atoms with van der Waals surface area (Å²) in [5, 5.41) is 6.56. The summed E-state index contributed by atoms with van der Waals surface area (Å²) in [5.74, 6) is 1.49. The van der Waals surface area contributed by atoms with Gasteiger partial charge in [-0.3, -0.25) is 0 Å². The number of aromatic nitrogens is 2. The third-order valence-corrected chi connectivity index (χ3v) is 3.26. The van der Waals surface area contributed by atoms with Crippen LogP contribution < -0.4 is 10.6 Å². The number of rotatable bonds is 8. The molecular weight excluding hydrogens is 284 g/mol. The van der Waals surface area contributed by atoms with Crippen LogP contribution in [0.3, 0.4) is 0 Å². The molecule has 4 heteroatoms. The topological polar surface area (TPSA) is 49.8 Å². The molecule has 2 rings (SSSR count). The van der Waals surface area contributed by atoms with E-state index < -0.39 is 0 Å². The predicted molar refractivity (Wildman–Crippen MR) is 98.5 cm³/mol. The monoisotopic (exact) mass is 308 g/mol. The van der Waals surface area contributed by atoms with Gasteiger partial charge in [-0.1, -0.05) is 48.6 Å². The van der Waals surface area contributed by atoms with Crippen molar-refractivity contribution in [3.05, 3.63) is 73.0 Å². The van der Waals surface area contributed by atoms with Crippen molar-refractivity contribution in [3.8, 4) is 0 Å². The van der Waals surface area contributed by atoms with E-state index in [4.69, 9.17) is 0 Å². The minimum Gasteiger partial charge on any atom is -0.370 e. The molecule has 1 heterocycles. The third-order valence-electron chi connectivity index (χ3n) is 3.26. The fourth-order valence-corrected chi connectivity index (χ4v) is 2.21. The highest BCUT2D eigenvalue weighted by atomic mass is 15.1. The normalized spacial score (nSPS) is 17.4. The summed E-state index contributed by atoms with van der Waals surface area (Å²) in [6.45, 7) is 6.58. The first-order valence-electron chi connectivity index (χ1n) is 7.97. The van der Waals surface area contributed by atoms with E-state index in [1.165, 1.54) is 5.57 Å². The summed E-state index contributed by atoms with van der Waals surface area (Å²) in [6.07, 6.45) is 20.2. The van der Waals surface area contributed by atoms with E-state index in [9.17, 15) is 0 Å². The Morgan fingerprint density at radius 3 is 3.13 bits per heavy atom. The Bertz CT molecular complexity index is 626. The molecular formula is C19H24N4. The van der Waals surface area contributed by atoms with Crippen LogP contribution in [-0.2, 0) is 0 Å². The van der Waals surface area contributed by atoms with Gasteiger partial charge in [-0.15, -0.1) is 6.58 Å². The molecule has 1 aliphatic rings. The van der Waals surface area contributed by atoms with E-state index in [0.29, 0.717) is 5.95 Å². The standard InChI is InChI=1S/C19H24N4/c1-3-5-6-7-8-10-16-11-9-12-17(15-16)22-19-21-14-13-18(23-19)20-4-2/h3,6-11,13-15,17H,1,4-5,12H2,2H3,(H2,20,21,22,23)/b7-6?,10-8+. The average molecular weight is 308 g/mol. The van der Waals surface area contributed by atoms with E-state index >= 15 is 0 Å². The lowest BCUT2D eigenvalue weighted by molar-refractivity contribution is 0.856. The summed E-state index contributed by atoms with van der Waals surface area (Å²) >= 11 is 0. The molecule has 0 saturated heterocycles. The molecule has 0 bridgehead atoms. The molecule has 1 aromatic rings. The van der Waals surface area contributed by atoms with Gasteiger partial charge in [0.05, 0.1) is 6.04 Å². The Morgan fingerprint density at radius 2 is 2.30 bits per heavy atom. The van der Waals surface area contributed by atoms with Crippen molar-refractivity contribution in [1.82, 2.24) is 9.97 Å². The third kappa shape index (κ3) is 5.94. The number of anilines is 2. The summed E-state index contributed by atoms with van der Waals surface area (Å²) in [5.41, 5.74) is 1.18. The highest BCUT2D eigenvalue weighted by molar-refractivity contribution is 5.43. The smallest absolute Gasteiger partial charge is 0.225 e. The van der Waals surface area contributed by atoms with Crippen LogP contribution in [0.2, 0.25) is 0 Å². The molecule has 4 nitrogen and oxygen atoms in total. The van der Waals surface area contributed by atoms with E-state index in [1.54, 1.807) is 6.20 Å². The maximum atomic E-state index is 4.45. The number of nitrogens with zero attached hydrogens (tertiary/aromatic N) is 2. The Kier molecular flexibility index (Phi) is 6.85. The van der Waals surface area contributed by atoms with Crippen LogP contribution in [0.5, 0.6) is 0 Å². The molecule has 0 aromatic carbocycles. The molecule has 0 aliphatic heterocycles. The SMILES string of the molecule is C=CCC=C/C=C/C1=CC(Nc2nccc(NCC)n2)CC=C1. The summed E-state index contributed by atoms with van der Waals surface area (Å²) in [4.78, 5) is 8.73. The molecule has 1 aliphatic carbocycles. The molecule has 0 saturated carbocycles. The van der Waals surface area contributed by atoms with Crippen LogP contribution in [0.15, 0.2) is 73.0 Å². The van der Waals surface area contributed by atoms with E-state index in [2.05, 4.69) is 57.6 Å². The second-order valence-corrected chi connectivity index (χ2v) is 5.16. The average Bonchev–Trinajstić information content (AvgIpc) is 2.56. The van der Waals surface area contributed by atoms with Crippen LogP contribution in [0.4, 0.5) is 11.8 Å². The Balaban J connectivity index is 1.96. The number of hydrogen-bond acceptors (Lipinski definition) is 4. The van der Waals surface area contributed by atoms with Crippen molar-refractivity contribution in [2.75, 3.05) is 17.2 Å². The van der Waals surface area contributed by atoms with Crippen LogP contribution in [0.25, 0.3) is 0 Å². The predicted octanol–water partition coefficient (Wildman–Crippen LogP) is 4.26. The minimum absolute atomic E-state index is 0.202. The van der Waals surface area contributed by atoms with Gasteiger partial charge in [-0.25, -0.2) is 4.98 Å². The molecule has 2 N–H and O–H groups in total. The molecule has 0 amide bonds. The van der Waals surface area contributed by atoms with E-state index in [-0.39, 0.29) is 6.04 Å². The van der Waals surface area contributed by atoms with Crippen molar-refractivity contribution >= 4 is 11.8 Å². The van der Waals surface area contributed by atoms with Crippen molar-refractivity contribution in [1.29, 1.82) is 0 Å². The highest BCUT2D eigenvalue weighted by Gasteiger charge is 2.09. The van der Waals surface area contributed by atoms with Crippen LogP contribution in [0.1, 0.15) is 19.8 Å². The van der Waals surface area contributed by atoms with Crippen LogP contribution in [0, 0.1) is 0 Å². The quantitative estimate of drug-likeness (QED) is 0.556. The fourth-order valence-electron chi connectivity index (χ4n) is 2.21. The van der Waals surface area contributed by atoms with Crippen LogP contribution >= 0.6 is 0 Å². The zero-order valence-corrected chi connectivity index (χ0v) is 13.6. The largest absolute Gasteiger partial charge is 0.370 e. The van der Waals surface area contributed by atoms with E-state index in [1.807, 2.05) is 31.2 Å². The molecule has 0 radical (unpaired) electrons. The highest BCUT2D eigenvalue weighted by Crippen LogP contribution is 2.16. The molecule has 120 valence electrons. The van der Waals surface area contributed by atoms with Crippen molar-refractivity contribution < 1.29 is 0 Å². The lowest BCUT2D eigenvalue weighted by atomic mass is 10.0. The van der Waals surface area contributed by atoms with Gasteiger partial charge in [0.2, 0.25) is 5.95 Å². The van der Waals surface area contributed by atoms with Gasteiger partial charge in [-0.2, -0.15) is 4.98 Å². The van der Waals surface area contributed by atoms with Gasteiger partial charge in [0.15, 0.2) is 0 Å². The maximum absolute atomic E-state index is 4.45. The first-order chi connectivity index (χ1) is 11.3. The number of hydrogen-bond donors (Lipinski definition) is 2. The molecule has 23 heavy (non-hydrogen) atoms. The lowest BCUT2D eigenvalue weighted by Crippen LogP contribution is -2.20. The Hall–Kier alpha value is -2.62. The Morgan fingerprint density at radius 1 is 1.39 bits per heavy atom. The first kappa shape index (κ1) is 16.7. The minimum atomic E-state index is 0.202. The zero-order valence-electron chi connectivity index (χ0n) is 13.6. The second kappa shape index (κ2) is 9.41. The van der Waals surface area contributed by atoms with Gasteiger partial charge in [0.25, 0.3) is 0 Å². The second-order valence-electron chi connectivity index (χ2n) is 5.16. The van der Waals surface area contributed by atoms with Gasteiger partial charge in [0.1, 0.15) is 5.82 Å². The summed E-state index contributed by atoms with van der Waals surface area (Å²) in [6, 6.07) is 2.07. The van der Waals surface area contributed by atoms with Gasteiger partial charge in [-0.05, 0) is 31.4 Å². The van der Waals surface area contributed by atoms with Crippen molar-refractivity contribution in [3.63, 3.8) is 0 Å². The van der Waals surface area contributed by atoms with Gasteiger partial charge >= 0.3 is 0 Å². The molecule has 1 unspecified atom stereocenters. The maximum Gasteiger partial charge on any atom is 0.225 e. The molecule has 0 spiro atoms. The van der Waals surface area contributed by atoms with Gasteiger partial charge < -0.3 is 10.6 Å². The molecule has 1 aromatic heterocycles. The number of allylic oxidation sites excluding steroid dienone is 7.